The highest BCUT2D eigenvalue weighted by atomic mass is 32.1. The van der Waals surface area contributed by atoms with Crippen molar-refractivity contribution in [3.05, 3.63) is 40.0 Å². The van der Waals surface area contributed by atoms with E-state index in [1.54, 1.807) is 10.8 Å². The van der Waals surface area contributed by atoms with Crippen LogP contribution in [-0.2, 0) is 6.54 Å². The molecule has 4 aromatic rings. The molecule has 0 radical (unpaired) electrons. The van der Waals surface area contributed by atoms with Crippen LogP contribution in [0.5, 0.6) is 0 Å². The van der Waals surface area contributed by atoms with Gasteiger partial charge in [-0.3, -0.25) is 9.48 Å². The number of fused-ring (bicyclic) bond motifs is 3. The van der Waals surface area contributed by atoms with E-state index in [1.807, 2.05) is 50.3 Å². The van der Waals surface area contributed by atoms with E-state index in [0.29, 0.717) is 25.5 Å². The zero-order chi connectivity index (χ0) is 20.0. The van der Waals surface area contributed by atoms with Crippen LogP contribution in [0.2, 0.25) is 0 Å². The summed E-state index contributed by atoms with van der Waals surface area (Å²) in [6, 6.07) is 2.03. The number of carbonyl (C=O) groups excluding carboxylic acids is 1. The third kappa shape index (κ3) is 2.95. The number of rotatable bonds is 5. The van der Waals surface area contributed by atoms with E-state index < -0.39 is 0 Å². The minimum Gasteiger partial charge on any atom is -0.338 e. The summed E-state index contributed by atoms with van der Waals surface area (Å²) < 4.78 is 3.58. The maximum atomic E-state index is 12.9. The van der Waals surface area contributed by atoms with Gasteiger partial charge in [0.1, 0.15) is 17.7 Å². The van der Waals surface area contributed by atoms with Crippen molar-refractivity contribution in [2.24, 2.45) is 0 Å². The van der Waals surface area contributed by atoms with Crippen molar-refractivity contribution in [1.82, 2.24) is 34.3 Å². The van der Waals surface area contributed by atoms with Gasteiger partial charge < -0.3 is 4.90 Å². The minimum absolute atomic E-state index is 0.0472. The fraction of sp³-hybridized carbons (Fsp3) is 0.421. The molecular formula is C19H23N7OS. The summed E-state index contributed by atoms with van der Waals surface area (Å²) in [6.07, 6.45) is 1.66. The first-order chi connectivity index (χ1) is 13.4. The molecule has 0 fully saturated rings. The van der Waals surface area contributed by atoms with Gasteiger partial charge in [-0.1, -0.05) is 0 Å². The van der Waals surface area contributed by atoms with Crippen molar-refractivity contribution in [3.8, 4) is 0 Å². The van der Waals surface area contributed by atoms with E-state index in [0.717, 1.165) is 37.7 Å². The largest absolute Gasteiger partial charge is 0.338 e. The third-order valence-electron chi connectivity index (χ3n) is 4.95. The van der Waals surface area contributed by atoms with Gasteiger partial charge in [0.15, 0.2) is 11.5 Å². The lowest BCUT2D eigenvalue weighted by Crippen LogP contribution is -2.30. The zero-order valence-corrected chi connectivity index (χ0v) is 17.5. The second-order valence-electron chi connectivity index (χ2n) is 6.84. The average molecular weight is 398 g/mol. The van der Waals surface area contributed by atoms with Gasteiger partial charge in [0.2, 0.25) is 0 Å². The van der Waals surface area contributed by atoms with Crippen LogP contribution in [0.25, 0.3) is 15.9 Å². The molecular weight excluding hydrogens is 374 g/mol. The Labute approximate surface area is 166 Å². The number of aryl methyl sites for hydroxylation is 3. The number of aromatic nitrogens is 6. The Balaban J connectivity index is 1.80. The number of hydrogen-bond acceptors (Lipinski definition) is 6. The highest BCUT2D eigenvalue weighted by molar-refractivity contribution is 7.20. The number of hydrogen-bond donors (Lipinski definition) is 0. The van der Waals surface area contributed by atoms with Crippen LogP contribution >= 0.6 is 11.3 Å². The number of carbonyl (C=O) groups is 1. The lowest BCUT2D eigenvalue weighted by atomic mass is 10.2. The van der Waals surface area contributed by atoms with Crippen molar-refractivity contribution in [2.75, 3.05) is 13.1 Å². The molecule has 4 heterocycles. The standard InChI is InChI=1S/C19H23N7OS/c1-6-24(7-2)19(27)16-13(5)15-17-21-14(9-25-12(4)8-11(3)22-25)23-26(17)10-20-18(15)28-16/h8,10H,6-7,9H2,1-5H3. The molecule has 0 bridgehead atoms. The zero-order valence-electron chi connectivity index (χ0n) is 16.7. The summed E-state index contributed by atoms with van der Waals surface area (Å²) in [6.45, 7) is 11.8. The van der Waals surface area contributed by atoms with Gasteiger partial charge >= 0.3 is 0 Å². The molecule has 0 aliphatic heterocycles. The molecule has 0 spiro atoms. The van der Waals surface area contributed by atoms with Gasteiger partial charge in [-0.2, -0.15) is 5.10 Å². The second kappa shape index (κ2) is 6.97. The predicted octanol–water partition coefficient (Wildman–Crippen LogP) is 2.99. The first kappa shape index (κ1) is 18.5. The van der Waals surface area contributed by atoms with E-state index in [2.05, 4.69) is 15.2 Å². The van der Waals surface area contributed by atoms with Crippen molar-refractivity contribution in [2.45, 2.75) is 41.2 Å². The molecule has 8 nitrogen and oxygen atoms in total. The second-order valence-corrected chi connectivity index (χ2v) is 7.84. The first-order valence-electron chi connectivity index (χ1n) is 9.36. The predicted molar refractivity (Wildman–Crippen MR) is 109 cm³/mol. The molecule has 4 rings (SSSR count). The van der Waals surface area contributed by atoms with Gasteiger partial charge in [-0.25, -0.2) is 14.5 Å². The van der Waals surface area contributed by atoms with E-state index in [9.17, 15) is 4.79 Å². The fourth-order valence-electron chi connectivity index (χ4n) is 3.47. The summed E-state index contributed by atoms with van der Waals surface area (Å²) >= 11 is 1.42. The molecule has 0 N–H and O–H groups in total. The summed E-state index contributed by atoms with van der Waals surface area (Å²) in [5, 5.41) is 9.95. The molecule has 0 aliphatic carbocycles. The Kier molecular flexibility index (Phi) is 4.62. The molecule has 1 amide bonds. The van der Waals surface area contributed by atoms with Crippen LogP contribution in [0.1, 0.15) is 46.3 Å². The maximum Gasteiger partial charge on any atom is 0.264 e. The third-order valence-corrected chi connectivity index (χ3v) is 6.14. The monoisotopic (exact) mass is 397 g/mol. The van der Waals surface area contributed by atoms with Crippen LogP contribution in [0, 0.1) is 20.8 Å². The summed E-state index contributed by atoms with van der Waals surface area (Å²) in [5.74, 6) is 0.716. The summed E-state index contributed by atoms with van der Waals surface area (Å²) in [4.78, 5) is 25.5. The first-order valence-corrected chi connectivity index (χ1v) is 10.2. The Morgan fingerprint density at radius 3 is 2.57 bits per heavy atom. The summed E-state index contributed by atoms with van der Waals surface area (Å²) in [7, 11) is 0. The molecule has 0 atom stereocenters. The summed E-state index contributed by atoms with van der Waals surface area (Å²) in [5.41, 5.74) is 3.69. The van der Waals surface area contributed by atoms with Gasteiger partial charge in [0, 0.05) is 18.8 Å². The Morgan fingerprint density at radius 1 is 1.18 bits per heavy atom. The van der Waals surface area contributed by atoms with Crippen LogP contribution in [0.15, 0.2) is 12.4 Å². The molecule has 9 heteroatoms. The van der Waals surface area contributed by atoms with Crippen LogP contribution in [-0.4, -0.2) is 53.3 Å². The molecule has 28 heavy (non-hydrogen) atoms. The Morgan fingerprint density at radius 2 is 1.93 bits per heavy atom. The molecule has 4 aromatic heterocycles. The highest BCUT2D eigenvalue weighted by Crippen LogP contribution is 2.32. The highest BCUT2D eigenvalue weighted by Gasteiger charge is 2.23. The lowest BCUT2D eigenvalue weighted by Gasteiger charge is -2.17. The number of amides is 1. The van der Waals surface area contributed by atoms with Gasteiger partial charge in [-0.05, 0) is 46.2 Å². The van der Waals surface area contributed by atoms with Crippen molar-refractivity contribution in [1.29, 1.82) is 0 Å². The maximum absolute atomic E-state index is 12.9. The number of nitrogens with zero attached hydrogens (tertiary/aromatic N) is 7. The van der Waals surface area contributed by atoms with Crippen LogP contribution in [0.4, 0.5) is 0 Å². The van der Waals surface area contributed by atoms with Gasteiger partial charge in [0.25, 0.3) is 5.91 Å². The van der Waals surface area contributed by atoms with E-state index >= 15 is 0 Å². The van der Waals surface area contributed by atoms with Crippen molar-refractivity contribution >= 4 is 33.1 Å². The SMILES string of the molecule is CCN(CC)C(=O)c1sc2ncn3nc(Cn4nc(C)cc4C)nc3c2c1C. The molecule has 0 saturated heterocycles. The van der Waals surface area contributed by atoms with E-state index in [1.165, 1.54) is 11.3 Å². The number of thiophene rings is 1. The van der Waals surface area contributed by atoms with Crippen LogP contribution in [0.3, 0.4) is 0 Å². The fourth-order valence-corrected chi connectivity index (χ4v) is 4.58. The lowest BCUT2D eigenvalue weighted by molar-refractivity contribution is 0.0777. The Bertz CT molecular complexity index is 1180. The van der Waals surface area contributed by atoms with E-state index in [-0.39, 0.29) is 5.91 Å². The van der Waals surface area contributed by atoms with Crippen molar-refractivity contribution in [3.63, 3.8) is 0 Å². The Hall–Kier alpha value is -2.81. The molecule has 0 aromatic carbocycles. The van der Waals surface area contributed by atoms with E-state index in [4.69, 9.17) is 4.98 Å². The van der Waals surface area contributed by atoms with Crippen LogP contribution < -0.4 is 0 Å². The molecule has 0 unspecified atom stereocenters. The molecule has 0 saturated carbocycles. The molecule has 0 aliphatic rings. The minimum atomic E-state index is 0.0472. The smallest absolute Gasteiger partial charge is 0.264 e. The molecule has 146 valence electrons. The van der Waals surface area contributed by atoms with Gasteiger partial charge in [-0.15, -0.1) is 16.4 Å². The average Bonchev–Trinajstić information content (AvgIpc) is 3.31. The topological polar surface area (TPSA) is 81.2 Å². The quantitative estimate of drug-likeness (QED) is 0.517. The van der Waals surface area contributed by atoms with Gasteiger partial charge in [0.05, 0.1) is 16.0 Å². The normalized spacial score (nSPS) is 11.6. The van der Waals surface area contributed by atoms with Crippen molar-refractivity contribution < 1.29 is 4.79 Å².